The van der Waals surface area contributed by atoms with Crippen molar-refractivity contribution in [1.82, 2.24) is 15.1 Å². The third-order valence-electron chi connectivity index (χ3n) is 4.84. The molecule has 4 rings (SSSR count). The number of benzene rings is 1. The molecular weight excluding hydrogens is 312 g/mol. The van der Waals surface area contributed by atoms with Crippen LogP contribution in [0.25, 0.3) is 22.8 Å². The van der Waals surface area contributed by atoms with Gasteiger partial charge >= 0.3 is 0 Å². The van der Waals surface area contributed by atoms with E-state index in [1.165, 1.54) is 18.4 Å². The first-order valence-corrected chi connectivity index (χ1v) is 8.82. The maximum Gasteiger partial charge on any atom is 0.261 e. The number of aromatic nitrogens is 3. The summed E-state index contributed by atoms with van der Waals surface area (Å²) in [6.07, 6.45) is 4.21. The van der Waals surface area contributed by atoms with Gasteiger partial charge in [-0.3, -0.25) is 0 Å². The molecule has 1 aromatic carbocycles. The number of hydrogen-bond acceptors (Lipinski definition) is 5. The number of rotatable bonds is 3. The van der Waals surface area contributed by atoms with Crippen LogP contribution >= 0.6 is 0 Å². The van der Waals surface area contributed by atoms with Gasteiger partial charge in [-0.25, -0.2) is 4.98 Å². The molecule has 0 bridgehead atoms. The molecule has 25 heavy (non-hydrogen) atoms. The zero-order chi connectivity index (χ0) is 17.2. The van der Waals surface area contributed by atoms with Crippen LogP contribution in [0.5, 0.6) is 0 Å². The van der Waals surface area contributed by atoms with E-state index in [0.29, 0.717) is 11.7 Å². The average molecular weight is 334 g/mol. The Balaban J connectivity index is 1.65. The van der Waals surface area contributed by atoms with Crippen LogP contribution in [0.4, 0.5) is 5.82 Å². The zero-order valence-electron chi connectivity index (χ0n) is 14.6. The van der Waals surface area contributed by atoms with E-state index >= 15 is 0 Å². The Morgan fingerprint density at radius 2 is 1.84 bits per heavy atom. The summed E-state index contributed by atoms with van der Waals surface area (Å²) in [5.41, 5.74) is 3.07. The first-order valence-electron chi connectivity index (χ1n) is 8.82. The summed E-state index contributed by atoms with van der Waals surface area (Å²) in [5.74, 6) is 2.85. The molecule has 0 unspecified atom stereocenters. The highest BCUT2D eigenvalue weighted by molar-refractivity contribution is 5.71. The molecule has 3 heterocycles. The highest BCUT2D eigenvalue weighted by Crippen LogP contribution is 2.31. The van der Waals surface area contributed by atoms with Crippen molar-refractivity contribution in [2.45, 2.75) is 26.7 Å². The fourth-order valence-electron chi connectivity index (χ4n) is 3.19. The second-order valence-electron chi connectivity index (χ2n) is 6.83. The maximum absolute atomic E-state index is 5.56. The molecule has 5 nitrogen and oxygen atoms in total. The molecule has 0 N–H and O–H groups in total. The van der Waals surface area contributed by atoms with Crippen LogP contribution in [-0.4, -0.2) is 28.2 Å². The van der Waals surface area contributed by atoms with Crippen molar-refractivity contribution in [3.8, 4) is 22.8 Å². The van der Waals surface area contributed by atoms with E-state index in [-0.39, 0.29) is 0 Å². The van der Waals surface area contributed by atoms with Crippen molar-refractivity contribution in [3.05, 3.63) is 48.2 Å². The molecule has 1 aliphatic rings. The van der Waals surface area contributed by atoms with E-state index in [0.717, 1.165) is 36.0 Å². The summed E-state index contributed by atoms with van der Waals surface area (Å²) in [7, 11) is 0. The number of piperidine rings is 1. The summed E-state index contributed by atoms with van der Waals surface area (Å²) in [5, 5.41) is 4.16. The van der Waals surface area contributed by atoms with Crippen LogP contribution in [0.3, 0.4) is 0 Å². The maximum atomic E-state index is 5.56. The van der Waals surface area contributed by atoms with Gasteiger partial charge in [0.15, 0.2) is 0 Å². The number of hydrogen-bond donors (Lipinski definition) is 0. The molecule has 128 valence electrons. The quantitative estimate of drug-likeness (QED) is 0.713. The van der Waals surface area contributed by atoms with Crippen molar-refractivity contribution in [3.63, 3.8) is 0 Å². The predicted octanol–water partition coefficient (Wildman–Crippen LogP) is 4.34. The Labute approximate surface area is 147 Å². The largest absolute Gasteiger partial charge is 0.356 e. The number of nitrogens with zero attached hydrogens (tertiary/aromatic N) is 4. The van der Waals surface area contributed by atoms with Crippen molar-refractivity contribution in [2.75, 3.05) is 18.0 Å². The van der Waals surface area contributed by atoms with Crippen LogP contribution in [0.1, 0.15) is 25.3 Å². The molecule has 0 atom stereocenters. The van der Waals surface area contributed by atoms with Crippen LogP contribution in [0.2, 0.25) is 0 Å². The molecule has 3 aromatic rings. The summed E-state index contributed by atoms with van der Waals surface area (Å²) in [4.78, 5) is 11.5. The number of anilines is 1. The Bertz CT molecular complexity index is 848. The van der Waals surface area contributed by atoms with Gasteiger partial charge in [0, 0.05) is 24.8 Å². The van der Waals surface area contributed by atoms with Gasteiger partial charge in [-0.2, -0.15) is 4.98 Å². The Morgan fingerprint density at radius 1 is 1.08 bits per heavy atom. The summed E-state index contributed by atoms with van der Waals surface area (Å²) in [6.45, 7) is 6.41. The molecule has 0 radical (unpaired) electrons. The lowest BCUT2D eigenvalue weighted by atomic mass is 9.99. The van der Waals surface area contributed by atoms with Gasteiger partial charge in [-0.15, -0.1) is 0 Å². The molecule has 0 aliphatic carbocycles. The van der Waals surface area contributed by atoms with Gasteiger partial charge < -0.3 is 9.42 Å². The molecule has 1 saturated heterocycles. The number of pyridine rings is 1. The Kier molecular flexibility index (Phi) is 4.22. The monoisotopic (exact) mass is 334 g/mol. The highest BCUT2D eigenvalue weighted by atomic mass is 16.5. The average Bonchev–Trinajstić information content (AvgIpc) is 3.13. The van der Waals surface area contributed by atoms with Gasteiger partial charge in [-0.05, 0) is 37.8 Å². The van der Waals surface area contributed by atoms with Crippen LogP contribution in [0.15, 0.2) is 47.1 Å². The Hall–Kier alpha value is -2.69. The molecule has 1 fully saturated rings. The normalized spacial score (nSPS) is 15.5. The first-order chi connectivity index (χ1) is 12.2. The van der Waals surface area contributed by atoms with E-state index in [1.807, 2.05) is 30.5 Å². The summed E-state index contributed by atoms with van der Waals surface area (Å²) >= 11 is 0. The van der Waals surface area contributed by atoms with E-state index < -0.39 is 0 Å². The van der Waals surface area contributed by atoms with Gasteiger partial charge in [0.2, 0.25) is 5.82 Å². The van der Waals surface area contributed by atoms with E-state index in [4.69, 9.17) is 4.52 Å². The van der Waals surface area contributed by atoms with Gasteiger partial charge in [0.05, 0.1) is 5.56 Å². The summed E-state index contributed by atoms with van der Waals surface area (Å²) in [6, 6.07) is 12.1. The molecule has 0 amide bonds. The topological polar surface area (TPSA) is 55.1 Å². The second-order valence-corrected chi connectivity index (χ2v) is 6.83. The molecule has 0 spiro atoms. The van der Waals surface area contributed by atoms with E-state index in [1.54, 1.807) is 0 Å². The lowest BCUT2D eigenvalue weighted by Gasteiger charge is -2.31. The lowest BCUT2D eigenvalue weighted by Crippen LogP contribution is -2.33. The van der Waals surface area contributed by atoms with Gasteiger partial charge in [0.25, 0.3) is 5.89 Å². The smallest absolute Gasteiger partial charge is 0.261 e. The Morgan fingerprint density at radius 3 is 2.60 bits per heavy atom. The van der Waals surface area contributed by atoms with Crippen LogP contribution < -0.4 is 4.90 Å². The minimum Gasteiger partial charge on any atom is -0.356 e. The van der Waals surface area contributed by atoms with E-state index in [2.05, 4.69) is 46.0 Å². The SMILES string of the molecule is Cc1ccc(-c2noc(-c3cccnc3N3CCC(C)CC3)n2)cc1. The van der Waals surface area contributed by atoms with Crippen molar-refractivity contribution < 1.29 is 4.52 Å². The fraction of sp³-hybridized carbons (Fsp3) is 0.350. The first kappa shape index (κ1) is 15.8. The molecule has 1 aliphatic heterocycles. The van der Waals surface area contributed by atoms with E-state index in [9.17, 15) is 0 Å². The highest BCUT2D eigenvalue weighted by Gasteiger charge is 2.22. The molecule has 2 aromatic heterocycles. The lowest BCUT2D eigenvalue weighted by molar-refractivity contribution is 0.428. The molecular formula is C20H22N4O. The van der Waals surface area contributed by atoms with Gasteiger partial charge in [-0.1, -0.05) is 41.9 Å². The second kappa shape index (κ2) is 6.67. The van der Waals surface area contributed by atoms with Crippen molar-refractivity contribution in [2.24, 2.45) is 5.92 Å². The van der Waals surface area contributed by atoms with Crippen LogP contribution in [0, 0.1) is 12.8 Å². The van der Waals surface area contributed by atoms with Crippen molar-refractivity contribution >= 4 is 5.82 Å². The zero-order valence-corrected chi connectivity index (χ0v) is 14.6. The predicted molar refractivity (Wildman–Crippen MR) is 98.3 cm³/mol. The standard InChI is InChI=1S/C20H22N4O/c1-14-5-7-16(8-6-14)18-22-20(25-23-18)17-4-3-11-21-19(17)24-12-9-15(2)10-13-24/h3-8,11,15H,9-10,12-13H2,1-2H3. The van der Waals surface area contributed by atoms with Gasteiger partial charge in [0.1, 0.15) is 5.82 Å². The molecule has 0 saturated carbocycles. The van der Waals surface area contributed by atoms with Crippen molar-refractivity contribution in [1.29, 1.82) is 0 Å². The third-order valence-corrected chi connectivity index (χ3v) is 4.84. The van der Waals surface area contributed by atoms with Crippen LogP contribution in [-0.2, 0) is 0 Å². The number of aryl methyl sites for hydroxylation is 1. The minimum absolute atomic E-state index is 0.525. The fourth-order valence-corrected chi connectivity index (χ4v) is 3.19. The third kappa shape index (κ3) is 3.27. The summed E-state index contributed by atoms with van der Waals surface area (Å²) < 4.78 is 5.56. The minimum atomic E-state index is 0.525. The molecule has 5 heteroatoms.